The van der Waals surface area contributed by atoms with E-state index >= 15 is 0 Å². The summed E-state index contributed by atoms with van der Waals surface area (Å²) in [6, 6.07) is 9.15. The zero-order chi connectivity index (χ0) is 13.7. The van der Waals surface area contributed by atoms with Crippen LogP contribution in [0.25, 0.3) is 0 Å². The molecule has 0 saturated heterocycles. The fraction of sp³-hybridized carbons (Fsp3) is 0.143. The van der Waals surface area contributed by atoms with Gasteiger partial charge in [-0.2, -0.15) is 0 Å². The number of benzene rings is 1. The van der Waals surface area contributed by atoms with E-state index in [2.05, 4.69) is 31.5 Å². The van der Waals surface area contributed by atoms with Crippen molar-refractivity contribution in [2.75, 3.05) is 17.2 Å². The smallest absolute Gasteiger partial charge is 0.257 e. The molecular weight excluding hydrogens is 306 g/mol. The van der Waals surface area contributed by atoms with E-state index in [0.717, 1.165) is 22.4 Å². The third kappa shape index (κ3) is 3.54. The Kier molecular flexibility index (Phi) is 4.52. The molecule has 5 heteroatoms. The summed E-state index contributed by atoms with van der Waals surface area (Å²) in [4.78, 5) is 16.2. The van der Waals surface area contributed by atoms with E-state index in [4.69, 9.17) is 0 Å². The molecule has 0 fully saturated rings. The molecule has 0 aliphatic carbocycles. The van der Waals surface area contributed by atoms with Gasteiger partial charge in [0.05, 0.1) is 17.4 Å². The van der Waals surface area contributed by atoms with Crippen LogP contribution in [0.5, 0.6) is 0 Å². The lowest BCUT2D eigenvalue weighted by Crippen LogP contribution is -2.15. The second-order valence-corrected chi connectivity index (χ2v) is 4.83. The summed E-state index contributed by atoms with van der Waals surface area (Å²) < 4.78 is 0.975. The lowest BCUT2D eigenvalue weighted by molar-refractivity contribution is 0.102. The molecule has 4 nitrogen and oxygen atoms in total. The van der Waals surface area contributed by atoms with Crippen LogP contribution in [0.3, 0.4) is 0 Å². The Hall–Kier alpha value is -1.88. The Morgan fingerprint density at radius 1 is 1.26 bits per heavy atom. The van der Waals surface area contributed by atoms with Crippen molar-refractivity contribution in [3.63, 3.8) is 0 Å². The third-order valence-corrected chi connectivity index (χ3v) is 3.06. The number of amides is 1. The van der Waals surface area contributed by atoms with Crippen molar-refractivity contribution in [1.82, 2.24) is 4.98 Å². The lowest BCUT2D eigenvalue weighted by atomic mass is 10.2. The Labute approximate surface area is 120 Å². The minimum atomic E-state index is -0.152. The van der Waals surface area contributed by atoms with Gasteiger partial charge in [0.25, 0.3) is 5.91 Å². The van der Waals surface area contributed by atoms with Crippen molar-refractivity contribution in [3.05, 3.63) is 52.8 Å². The Balaban J connectivity index is 2.18. The molecule has 1 amide bonds. The summed E-state index contributed by atoms with van der Waals surface area (Å²) in [7, 11) is 0. The van der Waals surface area contributed by atoms with Crippen LogP contribution >= 0.6 is 15.9 Å². The average molecular weight is 320 g/mol. The van der Waals surface area contributed by atoms with Crippen LogP contribution in [0.2, 0.25) is 0 Å². The van der Waals surface area contributed by atoms with Gasteiger partial charge in [0, 0.05) is 22.9 Å². The number of halogens is 1. The fourth-order valence-corrected chi connectivity index (χ4v) is 1.92. The van der Waals surface area contributed by atoms with Crippen LogP contribution in [0, 0.1) is 0 Å². The van der Waals surface area contributed by atoms with Crippen LogP contribution in [-0.4, -0.2) is 17.4 Å². The molecule has 0 unspecified atom stereocenters. The van der Waals surface area contributed by atoms with Gasteiger partial charge in [0.2, 0.25) is 0 Å². The normalized spacial score (nSPS) is 10.0. The maximum absolute atomic E-state index is 12.2. The second kappa shape index (κ2) is 6.33. The molecule has 1 aromatic carbocycles. The molecule has 2 N–H and O–H groups in total. The van der Waals surface area contributed by atoms with Gasteiger partial charge >= 0.3 is 0 Å². The minimum Gasteiger partial charge on any atom is -0.383 e. The van der Waals surface area contributed by atoms with E-state index in [1.807, 2.05) is 31.2 Å². The number of carbonyl (C=O) groups excluding carboxylic acids is 1. The van der Waals surface area contributed by atoms with Gasteiger partial charge < -0.3 is 10.6 Å². The molecule has 0 radical (unpaired) electrons. The molecule has 0 bridgehead atoms. The molecule has 98 valence electrons. The summed E-state index contributed by atoms with van der Waals surface area (Å²) >= 11 is 3.36. The van der Waals surface area contributed by atoms with Crippen LogP contribution in [0.1, 0.15) is 17.3 Å². The average Bonchev–Trinajstić information content (AvgIpc) is 2.42. The van der Waals surface area contributed by atoms with Crippen molar-refractivity contribution in [2.24, 2.45) is 0 Å². The molecule has 2 aromatic rings. The predicted molar refractivity (Wildman–Crippen MR) is 80.5 cm³/mol. The summed E-state index contributed by atoms with van der Waals surface area (Å²) in [6.45, 7) is 2.72. The van der Waals surface area contributed by atoms with Gasteiger partial charge in [-0.3, -0.25) is 9.78 Å². The zero-order valence-electron chi connectivity index (χ0n) is 10.5. The van der Waals surface area contributed by atoms with Gasteiger partial charge in [-0.15, -0.1) is 0 Å². The third-order valence-electron chi connectivity index (χ3n) is 2.54. The Morgan fingerprint density at radius 2 is 2.00 bits per heavy atom. The summed E-state index contributed by atoms with van der Waals surface area (Å²) in [5, 5.41) is 5.98. The summed E-state index contributed by atoms with van der Waals surface area (Å²) in [5.41, 5.74) is 2.08. The maximum Gasteiger partial charge on any atom is 0.257 e. The highest BCUT2D eigenvalue weighted by Crippen LogP contribution is 2.18. The van der Waals surface area contributed by atoms with Crippen LogP contribution in [0.4, 0.5) is 11.4 Å². The number of anilines is 2. The van der Waals surface area contributed by atoms with Gasteiger partial charge in [0.15, 0.2) is 0 Å². The summed E-state index contributed by atoms with van der Waals surface area (Å²) in [6.07, 6.45) is 3.26. The first-order valence-electron chi connectivity index (χ1n) is 5.95. The molecule has 1 heterocycles. The maximum atomic E-state index is 12.2. The van der Waals surface area contributed by atoms with E-state index in [0.29, 0.717) is 5.56 Å². The van der Waals surface area contributed by atoms with Crippen molar-refractivity contribution in [3.8, 4) is 0 Å². The molecule has 0 atom stereocenters. The quantitative estimate of drug-likeness (QED) is 0.906. The molecule has 0 aliphatic rings. The molecule has 1 aromatic heterocycles. The molecule has 19 heavy (non-hydrogen) atoms. The van der Waals surface area contributed by atoms with Crippen molar-refractivity contribution >= 4 is 33.2 Å². The first-order chi connectivity index (χ1) is 9.20. The van der Waals surface area contributed by atoms with Crippen molar-refractivity contribution in [1.29, 1.82) is 0 Å². The number of aromatic nitrogens is 1. The van der Waals surface area contributed by atoms with Crippen molar-refractivity contribution in [2.45, 2.75) is 6.92 Å². The van der Waals surface area contributed by atoms with Crippen LogP contribution in [-0.2, 0) is 0 Å². The first kappa shape index (κ1) is 13.5. The number of carbonyl (C=O) groups is 1. The van der Waals surface area contributed by atoms with Gasteiger partial charge in [-0.05, 0) is 37.3 Å². The molecule has 2 rings (SSSR count). The highest BCUT2D eigenvalue weighted by molar-refractivity contribution is 9.10. The Bertz CT molecular complexity index is 569. The number of hydrogen-bond donors (Lipinski definition) is 2. The molecule has 0 aliphatic heterocycles. The van der Waals surface area contributed by atoms with E-state index in [9.17, 15) is 4.79 Å². The van der Waals surface area contributed by atoms with Gasteiger partial charge in [-0.25, -0.2) is 0 Å². The molecule has 0 saturated carbocycles. The topological polar surface area (TPSA) is 54.0 Å². The van der Waals surface area contributed by atoms with E-state index < -0.39 is 0 Å². The Morgan fingerprint density at radius 3 is 2.68 bits per heavy atom. The van der Waals surface area contributed by atoms with Gasteiger partial charge in [0.1, 0.15) is 0 Å². The minimum absolute atomic E-state index is 0.152. The van der Waals surface area contributed by atoms with E-state index in [-0.39, 0.29) is 5.91 Å². The zero-order valence-corrected chi connectivity index (χ0v) is 12.1. The monoisotopic (exact) mass is 319 g/mol. The number of hydrogen-bond acceptors (Lipinski definition) is 3. The highest BCUT2D eigenvalue weighted by Gasteiger charge is 2.10. The highest BCUT2D eigenvalue weighted by atomic mass is 79.9. The lowest BCUT2D eigenvalue weighted by Gasteiger charge is -2.10. The number of nitrogens with zero attached hydrogens (tertiary/aromatic N) is 1. The molecular formula is C14H14BrN3O. The van der Waals surface area contributed by atoms with Crippen molar-refractivity contribution < 1.29 is 4.79 Å². The number of nitrogens with one attached hydrogen (secondary N) is 2. The largest absolute Gasteiger partial charge is 0.383 e. The molecule has 0 spiro atoms. The van der Waals surface area contributed by atoms with Crippen LogP contribution in [0.15, 0.2) is 47.2 Å². The summed E-state index contributed by atoms with van der Waals surface area (Å²) in [5.74, 6) is -0.152. The van der Waals surface area contributed by atoms with E-state index in [1.165, 1.54) is 0 Å². The predicted octanol–water partition coefficient (Wildman–Crippen LogP) is 3.53. The second-order valence-electron chi connectivity index (χ2n) is 3.91. The fourth-order valence-electron chi connectivity index (χ4n) is 1.66. The van der Waals surface area contributed by atoms with Crippen LogP contribution < -0.4 is 10.6 Å². The van der Waals surface area contributed by atoms with E-state index in [1.54, 1.807) is 18.5 Å². The number of rotatable bonds is 4. The SMILES string of the molecule is CCNc1cnccc1C(=O)Nc1ccc(Br)cc1. The standard InChI is InChI=1S/C14H14BrN3O/c1-2-17-13-9-16-8-7-12(13)14(19)18-11-5-3-10(15)4-6-11/h3-9,17H,2H2,1H3,(H,18,19). The first-order valence-corrected chi connectivity index (χ1v) is 6.75. The number of pyridine rings is 1. The van der Waals surface area contributed by atoms with Gasteiger partial charge in [-0.1, -0.05) is 15.9 Å².